The summed E-state index contributed by atoms with van der Waals surface area (Å²) in [7, 11) is 0. The van der Waals surface area contributed by atoms with E-state index in [0.717, 1.165) is 11.1 Å². The molecule has 0 aliphatic carbocycles. The maximum atomic E-state index is 11.1. The highest BCUT2D eigenvalue weighted by Gasteiger charge is 2.15. The molecule has 1 unspecified atom stereocenters. The van der Waals surface area contributed by atoms with Crippen LogP contribution in [0.1, 0.15) is 12.6 Å². The van der Waals surface area contributed by atoms with E-state index in [4.69, 9.17) is 5.11 Å². The van der Waals surface area contributed by atoms with E-state index in [1.165, 1.54) is 6.07 Å². The number of nitrogens with zero attached hydrogens (tertiary/aromatic N) is 2. The van der Waals surface area contributed by atoms with Crippen LogP contribution in [0.4, 0.5) is 11.4 Å². The molecular formula is C14H17N3O3. The molecule has 0 amide bonds. The number of nitro benzene ring substituents is 1. The smallest absolute Gasteiger partial charge is 0.295 e. The highest BCUT2D eigenvalue weighted by atomic mass is 16.6. The van der Waals surface area contributed by atoms with Crippen molar-refractivity contribution in [2.75, 3.05) is 18.5 Å². The number of aliphatic hydroxyl groups is 1. The van der Waals surface area contributed by atoms with E-state index >= 15 is 0 Å². The topological polar surface area (TPSA) is 88.3 Å². The van der Waals surface area contributed by atoms with E-state index in [0.29, 0.717) is 17.8 Å². The van der Waals surface area contributed by atoms with Gasteiger partial charge in [0.2, 0.25) is 0 Å². The lowest BCUT2D eigenvalue weighted by Gasteiger charge is -2.13. The van der Waals surface area contributed by atoms with Gasteiger partial charge in [-0.1, -0.05) is 19.1 Å². The highest BCUT2D eigenvalue weighted by Crippen LogP contribution is 2.29. The number of non-ortho nitro benzene ring substituents is 1. The number of nitro groups is 1. The molecule has 6 nitrogen and oxygen atoms in total. The van der Waals surface area contributed by atoms with Crippen molar-refractivity contribution in [3.05, 3.63) is 40.1 Å². The molecule has 6 heteroatoms. The fourth-order valence-electron chi connectivity index (χ4n) is 2.00. The molecule has 0 radical (unpaired) electrons. The predicted molar refractivity (Wildman–Crippen MR) is 77.9 cm³/mol. The third kappa shape index (κ3) is 2.85. The number of hydrogen-bond acceptors (Lipinski definition) is 5. The van der Waals surface area contributed by atoms with Crippen LogP contribution in [0, 0.1) is 23.0 Å². The summed E-state index contributed by atoms with van der Waals surface area (Å²) >= 11 is 0. The number of aliphatic hydroxyl groups excluding tert-OH is 1. The van der Waals surface area contributed by atoms with Crippen molar-refractivity contribution in [1.82, 2.24) is 4.98 Å². The maximum absolute atomic E-state index is 11.1. The molecule has 106 valence electrons. The number of pyridine rings is 1. The summed E-state index contributed by atoms with van der Waals surface area (Å²) in [5, 5.41) is 24.1. The van der Waals surface area contributed by atoms with Crippen LogP contribution in [0.2, 0.25) is 0 Å². The predicted octanol–water partition coefficient (Wildman–Crippen LogP) is 2.49. The molecule has 0 saturated heterocycles. The zero-order chi connectivity index (χ0) is 14.7. The summed E-state index contributed by atoms with van der Waals surface area (Å²) in [5.41, 5.74) is 1.91. The molecule has 2 aromatic rings. The first-order valence-corrected chi connectivity index (χ1v) is 6.42. The quantitative estimate of drug-likeness (QED) is 0.646. The van der Waals surface area contributed by atoms with Crippen LogP contribution in [0.3, 0.4) is 0 Å². The van der Waals surface area contributed by atoms with Crippen LogP contribution in [-0.4, -0.2) is 28.2 Å². The first kappa shape index (κ1) is 14.2. The summed E-state index contributed by atoms with van der Waals surface area (Å²) in [6, 6.07) is 6.77. The maximum Gasteiger partial charge on any atom is 0.295 e. The normalized spacial score (nSPS) is 12.3. The van der Waals surface area contributed by atoms with E-state index in [-0.39, 0.29) is 18.2 Å². The number of nitrogens with one attached hydrogen (secondary N) is 1. The van der Waals surface area contributed by atoms with Gasteiger partial charge in [-0.05, 0) is 18.9 Å². The summed E-state index contributed by atoms with van der Waals surface area (Å²) in [6.07, 6.45) is 0. The lowest BCUT2D eigenvalue weighted by Crippen LogP contribution is -2.14. The average molecular weight is 275 g/mol. The van der Waals surface area contributed by atoms with Gasteiger partial charge in [0.1, 0.15) is 0 Å². The second kappa shape index (κ2) is 5.83. The Morgan fingerprint density at radius 2 is 2.25 bits per heavy atom. The van der Waals surface area contributed by atoms with E-state index in [1.54, 1.807) is 19.1 Å². The van der Waals surface area contributed by atoms with Crippen LogP contribution in [0.15, 0.2) is 24.3 Å². The van der Waals surface area contributed by atoms with Gasteiger partial charge in [-0.15, -0.1) is 0 Å². The van der Waals surface area contributed by atoms with Crippen molar-refractivity contribution in [2.45, 2.75) is 13.8 Å². The minimum Gasteiger partial charge on any atom is -0.396 e. The fraction of sp³-hybridized carbons (Fsp3) is 0.357. The monoisotopic (exact) mass is 275 g/mol. The Hall–Kier alpha value is -2.21. The van der Waals surface area contributed by atoms with Crippen molar-refractivity contribution in [3.63, 3.8) is 0 Å². The minimum atomic E-state index is -0.422. The Bertz CT molecular complexity index is 643. The van der Waals surface area contributed by atoms with Gasteiger partial charge in [-0.25, -0.2) is 4.98 Å². The Morgan fingerprint density at radius 3 is 2.90 bits per heavy atom. The molecule has 2 rings (SSSR count). The van der Waals surface area contributed by atoms with Crippen LogP contribution < -0.4 is 5.32 Å². The van der Waals surface area contributed by atoms with E-state index in [2.05, 4.69) is 10.3 Å². The Kier molecular flexibility index (Phi) is 4.14. The summed E-state index contributed by atoms with van der Waals surface area (Å²) < 4.78 is 0. The van der Waals surface area contributed by atoms with Gasteiger partial charge in [0.25, 0.3) is 5.69 Å². The Labute approximate surface area is 116 Å². The summed E-state index contributed by atoms with van der Waals surface area (Å²) in [5.74, 6) is 0.109. The zero-order valence-corrected chi connectivity index (χ0v) is 11.5. The van der Waals surface area contributed by atoms with Gasteiger partial charge in [-0.3, -0.25) is 10.1 Å². The second-order valence-corrected chi connectivity index (χ2v) is 4.91. The Morgan fingerprint density at radius 1 is 1.50 bits per heavy atom. The van der Waals surface area contributed by atoms with Crippen LogP contribution in [0.25, 0.3) is 10.9 Å². The van der Waals surface area contributed by atoms with Crippen molar-refractivity contribution in [3.8, 4) is 0 Å². The number of hydrogen-bond donors (Lipinski definition) is 2. The van der Waals surface area contributed by atoms with Gasteiger partial charge in [-0.2, -0.15) is 0 Å². The molecule has 2 N–H and O–H groups in total. The van der Waals surface area contributed by atoms with Gasteiger partial charge >= 0.3 is 0 Å². The number of fused-ring (bicyclic) bond motifs is 1. The van der Waals surface area contributed by atoms with E-state index < -0.39 is 4.92 Å². The minimum absolute atomic E-state index is 0.00413. The molecular weight excluding hydrogens is 258 g/mol. The number of aryl methyl sites for hydroxylation is 1. The number of para-hydroxylation sites is 1. The van der Waals surface area contributed by atoms with Gasteiger partial charge < -0.3 is 10.4 Å². The highest BCUT2D eigenvalue weighted by molar-refractivity contribution is 5.96. The molecule has 0 aliphatic heterocycles. The van der Waals surface area contributed by atoms with E-state index in [1.807, 2.05) is 13.0 Å². The first-order valence-electron chi connectivity index (χ1n) is 6.42. The van der Waals surface area contributed by atoms with Crippen LogP contribution >= 0.6 is 0 Å². The number of aromatic nitrogens is 1. The van der Waals surface area contributed by atoms with Crippen LogP contribution in [-0.2, 0) is 0 Å². The molecule has 1 heterocycles. The molecule has 0 bridgehead atoms. The third-order valence-corrected chi connectivity index (χ3v) is 3.10. The molecule has 0 spiro atoms. The van der Waals surface area contributed by atoms with E-state index in [9.17, 15) is 10.1 Å². The second-order valence-electron chi connectivity index (χ2n) is 4.91. The third-order valence-electron chi connectivity index (χ3n) is 3.10. The summed E-state index contributed by atoms with van der Waals surface area (Å²) in [4.78, 5) is 14.9. The molecule has 20 heavy (non-hydrogen) atoms. The molecule has 1 aromatic heterocycles. The number of benzene rings is 1. The van der Waals surface area contributed by atoms with Crippen molar-refractivity contribution in [1.29, 1.82) is 0 Å². The van der Waals surface area contributed by atoms with Gasteiger partial charge in [0, 0.05) is 36.0 Å². The Balaban J connectivity index is 2.49. The van der Waals surface area contributed by atoms with Crippen molar-refractivity contribution < 1.29 is 10.0 Å². The molecule has 0 aliphatic rings. The largest absolute Gasteiger partial charge is 0.396 e. The van der Waals surface area contributed by atoms with Gasteiger partial charge in [0.15, 0.2) is 5.52 Å². The van der Waals surface area contributed by atoms with Crippen molar-refractivity contribution in [2.24, 2.45) is 5.92 Å². The summed E-state index contributed by atoms with van der Waals surface area (Å²) in [6.45, 7) is 4.41. The number of rotatable bonds is 5. The molecule has 0 fully saturated rings. The van der Waals surface area contributed by atoms with Crippen LogP contribution in [0.5, 0.6) is 0 Å². The fourth-order valence-corrected chi connectivity index (χ4v) is 2.00. The molecule has 1 atom stereocenters. The first-order chi connectivity index (χ1) is 9.52. The lowest BCUT2D eigenvalue weighted by atomic mass is 10.1. The number of anilines is 1. The van der Waals surface area contributed by atoms with Crippen molar-refractivity contribution >= 4 is 22.3 Å². The standard InChI is InChI=1S/C14H17N3O3/c1-9(8-18)7-15-12-6-10(2)16-14-11(12)4-3-5-13(14)17(19)20/h3-6,9,18H,7-8H2,1-2H3,(H,15,16). The zero-order valence-electron chi connectivity index (χ0n) is 11.5. The molecule has 1 aromatic carbocycles. The molecule has 0 saturated carbocycles. The SMILES string of the molecule is Cc1cc(NCC(C)CO)c2cccc([N+](=O)[O-])c2n1. The average Bonchev–Trinajstić information content (AvgIpc) is 2.43. The lowest BCUT2D eigenvalue weighted by molar-refractivity contribution is -0.383. The van der Waals surface area contributed by atoms with Gasteiger partial charge in [0.05, 0.1) is 4.92 Å².